The summed E-state index contributed by atoms with van der Waals surface area (Å²) >= 11 is 0. The Bertz CT molecular complexity index is 891. The highest BCUT2D eigenvalue weighted by Crippen LogP contribution is 2.60. The summed E-state index contributed by atoms with van der Waals surface area (Å²) in [6.07, 6.45) is -5.52. The topological polar surface area (TPSA) is 185 Å². The fourth-order valence-corrected chi connectivity index (χ4v) is 6.65. The maximum Gasteiger partial charge on any atom is 0.308 e. The molecule has 13 heteroatoms. The lowest BCUT2D eigenvalue weighted by atomic mass is 9.58. The molecule has 0 aromatic carbocycles. The minimum Gasteiger partial charge on any atom is -0.435 e. The molecule has 39 heavy (non-hydrogen) atoms. The quantitative estimate of drug-likeness (QED) is 0.169. The van der Waals surface area contributed by atoms with E-state index in [1.807, 2.05) is 13.8 Å². The van der Waals surface area contributed by atoms with Crippen molar-refractivity contribution in [2.75, 3.05) is 20.2 Å². The highest BCUT2D eigenvalue weighted by molar-refractivity contribution is 5.81. The van der Waals surface area contributed by atoms with Gasteiger partial charge in [0.15, 0.2) is 11.9 Å². The molecule has 5 N–H and O–H groups in total. The van der Waals surface area contributed by atoms with E-state index in [4.69, 9.17) is 29.1 Å². The maximum atomic E-state index is 12.7. The Hall–Kier alpha value is -1.42. The molecule has 5 aliphatic rings. The molecule has 5 rings (SSSR count). The number of carbonyl (C=O) groups is 2. The average molecular weight is 562 g/mol. The summed E-state index contributed by atoms with van der Waals surface area (Å²) in [4.78, 5) is 38.2. The molecule has 4 heterocycles. The van der Waals surface area contributed by atoms with Gasteiger partial charge in [0, 0.05) is 38.3 Å². The summed E-state index contributed by atoms with van der Waals surface area (Å²) in [6, 6.07) is 0. The number of rotatable bonds is 10. The Morgan fingerprint density at radius 3 is 2.38 bits per heavy atom. The second kappa shape index (κ2) is 11.8. The number of aliphatic hydroxyl groups is 5. The number of hydrogen-bond donors (Lipinski definition) is 5. The Balaban J connectivity index is 1.32. The maximum absolute atomic E-state index is 12.7. The minimum absolute atomic E-state index is 0.0155. The first kappa shape index (κ1) is 30.5. The van der Waals surface area contributed by atoms with Gasteiger partial charge >= 0.3 is 5.97 Å². The molecule has 0 aromatic heterocycles. The van der Waals surface area contributed by atoms with Crippen LogP contribution in [-0.4, -0.2) is 111 Å². The third-order valence-corrected chi connectivity index (χ3v) is 9.10. The van der Waals surface area contributed by atoms with Gasteiger partial charge in [-0.15, -0.1) is 0 Å². The third kappa shape index (κ3) is 5.84. The second-order valence-electron chi connectivity index (χ2n) is 11.8. The molecule has 0 unspecified atom stereocenters. The van der Waals surface area contributed by atoms with Gasteiger partial charge in [-0.1, -0.05) is 13.8 Å². The Morgan fingerprint density at radius 1 is 1.00 bits per heavy atom. The van der Waals surface area contributed by atoms with Crippen LogP contribution in [0.25, 0.3) is 0 Å². The first-order valence-electron chi connectivity index (χ1n) is 13.8. The number of fused-ring (bicyclic) bond motifs is 2. The smallest absolute Gasteiger partial charge is 0.308 e. The number of carbonyl (C=O) groups excluding carboxylic acids is 2. The Labute approximate surface area is 227 Å². The number of aliphatic hydroxyl groups excluding tert-OH is 5. The van der Waals surface area contributed by atoms with Crippen molar-refractivity contribution in [3.8, 4) is 0 Å². The highest BCUT2D eigenvalue weighted by atomic mass is 17.3. The van der Waals surface area contributed by atoms with Crippen LogP contribution >= 0.6 is 0 Å². The van der Waals surface area contributed by atoms with Crippen molar-refractivity contribution >= 4 is 11.9 Å². The number of ether oxygens (including phenoxy) is 3. The average Bonchev–Trinajstić information content (AvgIpc) is 3.14. The van der Waals surface area contributed by atoms with Gasteiger partial charge < -0.3 is 44.6 Å². The molecular formula is C26H43NO12. The molecule has 2 bridgehead atoms. The van der Waals surface area contributed by atoms with Crippen molar-refractivity contribution in [2.45, 2.75) is 108 Å². The van der Waals surface area contributed by atoms with Gasteiger partial charge in [0.05, 0.1) is 13.0 Å². The highest BCUT2D eigenvalue weighted by Gasteiger charge is 2.69. The van der Waals surface area contributed by atoms with Gasteiger partial charge in [-0.05, 0) is 38.0 Å². The van der Waals surface area contributed by atoms with E-state index in [2.05, 4.69) is 6.92 Å². The molecule has 0 radical (unpaired) electrons. The van der Waals surface area contributed by atoms with E-state index in [0.29, 0.717) is 12.3 Å². The largest absolute Gasteiger partial charge is 0.435 e. The van der Waals surface area contributed by atoms with Crippen LogP contribution in [0.3, 0.4) is 0 Å². The molecular weight excluding hydrogens is 518 g/mol. The molecule has 224 valence electrons. The number of esters is 1. The van der Waals surface area contributed by atoms with E-state index in [0.717, 1.165) is 24.2 Å². The van der Waals surface area contributed by atoms with Crippen molar-refractivity contribution in [3.63, 3.8) is 0 Å². The van der Waals surface area contributed by atoms with Crippen molar-refractivity contribution in [3.05, 3.63) is 0 Å². The zero-order valence-electron chi connectivity index (χ0n) is 23.0. The zero-order chi connectivity index (χ0) is 28.7. The van der Waals surface area contributed by atoms with Crippen molar-refractivity contribution in [2.24, 2.45) is 23.7 Å². The number of amides is 1. The van der Waals surface area contributed by atoms with Gasteiger partial charge in [0.2, 0.25) is 18.0 Å². The van der Waals surface area contributed by atoms with Gasteiger partial charge in [-0.3, -0.25) is 9.59 Å². The van der Waals surface area contributed by atoms with E-state index in [9.17, 15) is 30.0 Å². The van der Waals surface area contributed by atoms with Gasteiger partial charge in [-0.2, -0.15) is 0 Å². The summed E-state index contributed by atoms with van der Waals surface area (Å²) in [5.74, 6) is -1.72. The zero-order valence-corrected chi connectivity index (χ0v) is 23.0. The van der Waals surface area contributed by atoms with Crippen LogP contribution in [0.2, 0.25) is 0 Å². The third-order valence-electron chi connectivity index (χ3n) is 9.10. The van der Waals surface area contributed by atoms with E-state index < -0.39 is 66.9 Å². The summed E-state index contributed by atoms with van der Waals surface area (Å²) in [7, 11) is 1.37. The molecule has 4 aliphatic heterocycles. The molecule has 1 amide bonds. The Morgan fingerprint density at radius 2 is 1.69 bits per heavy atom. The van der Waals surface area contributed by atoms with Crippen LogP contribution in [0.15, 0.2) is 0 Å². The number of nitrogens with zero attached hydrogens (tertiary/aromatic N) is 1. The lowest BCUT2D eigenvalue weighted by Gasteiger charge is -2.59. The molecule has 12 atom stereocenters. The minimum atomic E-state index is -1.80. The van der Waals surface area contributed by atoms with Crippen molar-refractivity contribution in [1.82, 2.24) is 4.90 Å². The summed E-state index contributed by atoms with van der Waals surface area (Å²) in [5, 5.41) is 48.1. The first-order chi connectivity index (χ1) is 18.3. The predicted molar refractivity (Wildman–Crippen MR) is 131 cm³/mol. The van der Waals surface area contributed by atoms with E-state index >= 15 is 0 Å². The summed E-state index contributed by atoms with van der Waals surface area (Å²) in [5.41, 5.74) is -0.777. The normalized spacial score (nSPS) is 40.5. The van der Waals surface area contributed by atoms with Gasteiger partial charge in [0.1, 0.15) is 24.4 Å². The second-order valence-corrected chi connectivity index (χ2v) is 11.8. The van der Waals surface area contributed by atoms with Crippen LogP contribution in [0.4, 0.5) is 0 Å². The first-order valence-corrected chi connectivity index (χ1v) is 13.8. The fraction of sp³-hybridized carbons (Fsp3) is 0.923. The van der Waals surface area contributed by atoms with Crippen molar-refractivity contribution in [1.29, 1.82) is 0 Å². The van der Waals surface area contributed by atoms with E-state index in [1.165, 1.54) is 7.05 Å². The predicted octanol–water partition coefficient (Wildman–Crippen LogP) is -0.588. The lowest BCUT2D eigenvalue weighted by molar-refractivity contribution is -0.576. The summed E-state index contributed by atoms with van der Waals surface area (Å²) in [6.45, 7) is 4.81. The molecule has 1 spiro atoms. The van der Waals surface area contributed by atoms with E-state index in [1.54, 1.807) is 0 Å². The lowest BCUT2D eigenvalue weighted by Crippen LogP contribution is -2.70. The number of likely N-dealkylation sites (N-methyl/N-ethyl adjacent to an activating group) is 1. The molecule has 4 saturated heterocycles. The van der Waals surface area contributed by atoms with Crippen molar-refractivity contribution < 1.29 is 59.1 Å². The summed E-state index contributed by atoms with van der Waals surface area (Å²) < 4.78 is 18.2. The SMILES string of the molecule is C[C@H]1[C@H](OC(=O)CCC(=O)N(C)C[C@H](O)[C@H](O)[C@H](O)[C@H](O)CO)O[C@@H]2O[C@@]3(C)CC[C@H]4[C@H](C)CC[C@H]1[C@@]24OO3. The van der Waals surface area contributed by atoms with Gasteiger partial charge in [-0.25, -0.2) is 9.78 Å². The van der Waals surface area contributed by atoms with Crippen LogP contribution in [0.1, 0.15) is 59.3 Å². The van der Waals surface area contributed by atoms with E-state index in [-0.39, 0.29) is 37.1 Å². The molecule has 13 nitrogen and oxygen atoms in total. The van der Waals surface area contributed by atoms with Crippen LogP contribution in [-0.2, 0) is 33.6 Å². The standard InChI is InChI=1S/C26H43NO12/c1-13-5-6-16-14(2)23(36-24-26(16)15(13)9-10-25(3,37-24)38-39-26)35-20(32)8-7-19(31)27(4)11-17(29)21(33)22(34)18(30)12-28/h13-18,21-24,28-30,33-34H,5-12H2,1-4H3/t13-,14-,15+,16-,17+,18-,21+,22-,23-,24-,25-,26-/m1/s1. The molecule has 1 saturated carbocycles. The number of hydrogen-bond acceptors (Lipinski definition) is 12. The van der Waals surface area contributed by atoms with Crippen LogP contribution in [0, 0.1) is 23.7 Å². The monoisotopic (exact) mass is 561 g/mol. The van der Waals surface area contributed by atoms with Gasteiger partial charge in [0.25, 0.3) is 0 Å². The van der Waals surface area contributed by atoms with Crippen LogP contribution in [0.5, 0.6) is 0 Å². The molecule has 0 aromatic rings. The Kier molecular flexibility index (Phi) is 9.26. The van der Waals surface area contributed by atoms with Crippen LogP contribution < -0.4 is 0 Å². The molecule has 5 fully saturated rings. The molecule has 1 aliphatic carbocycles. The fourth-order valence-electron chi connectivity index (χ4n) is 6.65.